The maximum atomic E-state index is 10.6. The second kappa shape index (κ2) is 7.21. The van der Waals surface area contributed by atoms with Crippen molar-refractivity contribution in [2.75, 3.05) is 0 Å². The van der Waals surface area contributed by atoms with E-state index in [4.69, 9.17) is 26.8 Å². The molecular formula is C10H13F3N4O2. The van der Waals surface area contributed by atoms with E-state index in [2.05, 4.69) is 5.32 Å². The van der Waals surface area contributed by atoms with Crippen molar-refractivity contribution in [3.05, 3.63) is 35.9 Å². The largest absolute Gasteiger partial charge is 0.490 e. The van der Waals surface area contributed by atoms with Crippen molar-refractivity contribution >= 4 is 11.9 Å². The molecule has 0 spiro atoms. The molecule has 0 aromatic heterocycles. The van der Waals surface area contributed by atoms with Gasteiger partial charge in [-0.25, -0.2) is 4.79 Å². The molecule has 7 N–H and O–H groups in total. The molecule has 1 aromatic rings. The summed E-state index contributed by atoms with van der Waals surface area (Å²) in [6, 6.07) is 9.43. The molecule has 19 heavy (non-hydrogen) atoms. The van der Waals surface area contributed by atoms with Gasteiger partial charge in [-0.3, -0.25) is 5.41 Å². The first-order valence-corrected chi connectivity index (χ1v) is 4.85. The van der Waals surface area contributed by atoms with Crippen LogP contribution in [0.3, 0.4) is 0 Å². The number of halogens is 3. The SMILES string of the molecule is N=C(N)NC(N)c1ccccc1.O=C(O)C(F)(F)F. The molecule has 1 rings (SSSR count). The molecule has 0 amide bonds. The van der Waals surface area contributed by atoms with Gasteiger partial charge in [0.25, 0.3) is 0 Å². The van der Waals surface area contributed by atoms with Crippen molar-refractivity contribution in [1.29, 1.82) is 5.41 Å². The molecule has 0 aliphatic carbocycles. The van der Waals surface area contributed by atoms with Gasteiger partial charge in [0.15, 0.2) is 5.96 Å². The quantitative estimate of drug-likeness (QED) is 0.310. The second-order valence-corrected chi connectivity index (χ2v) is 3.25. The number of benzene rings is 1. The number of alkyl halides is 3. The third kappa shape index (κ3) is 7.60. The number of carbonyl (C=O) groups is 1. The van der Waals surface area contributed by atoms with E-state index in [9.17, 15) is 13.2 Å². The van der Waals surface area contributed by atoms with Crippen LogP contribution in [0.25, 0.3) is 0 Å². The summed E-state index contributed by atoms with van der Waals surface area (Å²) in [4.78, 5) is 8.90. The van der Waals surface area contributed by atoms with Crippen molar-refractivity contribution in [1.82, 2.24) is 5.32 Å². The number of aliphatic carboxylic acids is 1. The Bertz CT molecular complexity index is 423. The van der Waals surface area contributed by atoms with E-state index in [1.807, 2.05) is 30.3 Å². The van der Waals surface area contributed by atoms with Crippen LogP contribution in [0.1, 0.15) is 11.7 Å². The minimum atomic E-state index is -5.08. The summed E-state index contributed by atoms with van der Waals surface area (Å²) in [6.07, 6.45) is -5.48. The Morgan fingerprint density at radius 3 is 2.05 bits per heavy atom. The summed E-state index contributed by atoms with van der Waals surface area (Å²) >= 11 is 0. The van der Waals surface area contributed by atoms with Gasteiger partial charge in [0.05, 0.1) is 0 Å². The molecule has 0 aliphatic rings. The zero-order chi connectivity index (χ0) is 15.1. The highest BCUT2D eigenvalue weighted by Gasteiger charge is 2.38. The minimum absolute atomic E-state index is 0.119. The maximum absolute atomic E-state index is 10.6. The van der Waals surface area contributed by atoms with Gasteiger partial charge in [0, 0.05) is 0 Å². The third-order valence-corrected chi connectivity index (χ3v) is 1.71. The number of nitrogens with two attached hydrogens (primary N) is 2. The number of guanidine groups is 1. The zero-order valence-corrected chi connectivity index (χ0v) is 9.61. The molecule has 106 valence electrons. The number of hydrogen-bond acceptors (Lipinski definition) is 3. The lowest BCUT2D eigenvalue weighted by Crippen LogP contribution is -2.38. The molecule has 1 aromatic carbocycles. The first-order chi connectivity index (χ1) is 8.64. The minimum Gasteiger partial charge on any atom is -0.475 e. The number of carboxylic acid groups (broad SMARTS) is 1. The predicted octanol–water partition coefficient (Wildman–Crippen LogP) is 0.760. The molecule has 9 heteroatoms. The van der Waals surface area contributed by atoms with Gasteiger partial charge in [-0.05, 0) is 5.56 Å². The molecule has 0 fully saturated rings. The lowest BCUT2D eigenvalue weighted by atomic mass is 10.2. The zero-order valence-electron chi connectivity index (χ0n) is 9.61. The molecule has 1 unspecified atom stereocenters. The van der Waals surface area contributed by atoms with Crippen molar-refractivity contribution in [3.63, 3.8) is 0 Å². The van der Waals surface area contributed by atoms with Crippen molar-refractivity contribution in [2.45, 2.75) is 12.3 Å². The predicted molar refractivity (Wildman–Crippen MR) is 62.1 cm³/mol. The van der Waals surface area contributed by atoms with Gasteiger partial charge in [-0.2, -0.15) is 13.2 Å². The number of nitrogens with one attached hydrogen (secondary N) is 2. The van der Waals surface area contributed by atoms with Gasteiger partial charge in [0.2, 0.25) is 0 Å². The van der Waals surface area contributed by atoms with E-state index in [1.165, 1.54) is 0 Å². The Labute approximate surface area is 106 Å². The van der Waals surface area contributed by atoms with Crippen LogP contribution in [0.5, 0.6) is 0 Å². The third-order valence-electron chi connectivity index (χ3n) is 1.71. The van der Waals surface area contributed by atoms with Gasteiger partial charge in [0.1, 0.15) is 6.17 Å². The van der Waals surface area contributed by atoms with Crippen LogP contribution >= 0.6 is 0 Å². The van der Waals surface area contributed by atoms with E-state index in [0.29, 0.717) is 0 Å². The van der Waals surface area contributed by atoms with Crippen molar-refractivity contribution in [2.24, 2.45) is 11.5 Å². The Morgan fingerprint density at radius 2 is 1.74 bits per heavy atom. The summed E-state index contributed by atoms with van der Waals surface area (Å²) in [6.45, 7) is 0. The van der Waals surface area contributed by atoms with Crippen LogP contribution in [0.15, 0.2) is 30.3 Å². The molecule has 0 saturated carbocycles. The Hall–Kier alpha value is -2.29. The molecule has 0 saturated heterocycles. The molecule has 6 nitrogen and oxygen atoms in total. The molecular weight excluding hydrogens is 265 g/mol. The Morgan fingerprint density at radius 1 is 1.32 bits per heavy atom. The normalized spacial score (nSPS) is 11.8. The monoisotopic (exact) mass is 278 g/mol. The molecule has 0 radical (unpaired) electrons. The van der Waals surface area contributed by atoms with Crippen LogP contribution < -0.4 is 16.8 Å². The lowest BCUT2D eigenvalue weighted by Gasteiger charge is -2.13. The van der Waals surface area contributed by atoms with Gasteiger partial charge in [-0.15, -0.1) is 0 Å². The van der Waals surface area contributed by atoms with E-state index in [0.717, 1.165) is 5.56 Å². The van der Waals surface area contributed by atoms with Gasteiger partial charge in [-0.1, -0.05) is 30.3 Å². The van der Waals surface area contributed by atoms with Crippen LogP contribution in [0.4, 0.5) is 13.2 Å². The fraction of sp³-hybridized carbons (Fsp3) is 0.200. The van der Waals surface area contributed by atoms with E-state index in [-0.39, 0.29) is 5.96 Å². The summed E-state index contributed by atoms with van der Waals surface area (Å²) in [5.41, 5.74) is 11.7. The summed E-state index contributed by atoms with van der Waals surface area (Å²) < 4.78 is 31.7. The number of carboxylic acids is 1. The van der Waals surface area contributed by atoms with Crippen LogP contribution in [-0.2, 0) is 4.79 Å². The maximum Gasteiger partial charge on any atom is 0.490 e. The first-order valence-electron chi connectivity index (χ1n) is 4.85. The standard InChI is InChI=1S/C8H12N4.C2HF3O2/c9-7(12-8(10)11)6-4-2-1-3-5-6;3-2(4,5)1(6)7/h1-5,7H,9H2,(H4,10,11,12);(H,6,7). The summed E-state index contributed by atoms with van der Waals surface area (Å²) in [5.74, 6) is -2.88. The first kappa shape index (κ1) is 16.7. The van der Waals surface area contributed by atoms with Crippen molar-refractivity contribution in [3.8, 4) is 0 Å². The van der Waals surface area contributed by atoms with Crippen LogP contribution in [0.2, 0.25) is 0 Å². The average Bonchev–Trinajstić information content (AvgIpc) is 2.28. The molecule has 0 aliphatic heterocycles. The van der Waals surface area contributed by atoms with Gasteiger partial charge < -0.3 is 21.9 Å². The highest BCUT2D eigenvalue weighted by molar-refractivity contribution is 5.74. The fourth-order valence-corrected chi connectivity index (χ4v) is 0.911. The summed E-state index contributed by atoms with van der Waals surface area (Å²) in [5, 5.41) is 16.7. The molecule has 1 atom stereocenters. The molecule has 0 heterocycles. The summed E-state index contributed by atoms with van der Waals surface area (Å²) in [7, 11) is 0. The highest BCUT2D eigenvalue weighted by Crippen LogP contribution is 2.13. The topological polar surface area (TPSA) is 125 Å². The van der Waals surface area contributed by atoms with Crippen LogP contribution in [0, 0.1) is 5.41 Å². The van der Waals surface area contributed by atoms with Gasteiger partial charge >= 0.3 is 12.1 Å². The Balaban J connectivity index is 0.000000399. The number of rotatable bonds is 2. The fourth-order valence-electron chi connectivity index (χ4n) is 0.911. The lowest BCUT2D eigenvalue weighted by molar-refractivity contribution is -0.192. The second-order valence-electron chi connectivity index (χ2n) is 3.25. The molecule has 0 bridgehead atoms. The Kier molecular flexibility index (Phi) is 6.34. The van der Waals surface area contributed by atoms with Crippen LogP contribution in [-0.4, -0.2) is 23.2 Å². The van der Waals surface area contributed by atoms with E-state index < -0.39 is 18.3 Å². The van der Waals surface area contributed by atoms with E-state index in [1.54, 1.807) is 0 Å². The number of hydrogen-bond donors (Lipinski definition) is 5. The van der Waals surface area contributed by atoms with E-state index >= 15 is 0 Å². The average molecular weight is 278 g/mol. The highest BCUT2D eigenvalue weighted by atomic mass is 19.4. The smallest absolute Gasteiger partial charge is 0.475 e. The van der Waals surface area contributed by atoms with Crippen molar-refractivity contribution < 1.29 is 23.1 Å².